The first-order valence-electron chi connectivity index (χ1n) is 7.46. The van der Waals surface area contributed by atoms with Crippen LogP contribution < -0.4 is 5.32 Å². The van der Waals surface area contributed by atoms with Crippen LogP contribution in [-0.4, -0.2) is 6.04 Å². The van der Waals surface area contributed by atoms with Gasteiger partial charge in [-0.3, -0.25) is 0 Å². The second-order valence-electron chi connectivity index (χ2n) is 4.96. The lowest BCUT2D eigenvalue weighted by Gasteiger charge is -2.18. The third kappa shape index (κ3) is 7.50. The molecule has 104 valence electrons. The van der Waals surface area contributed by atoms with Gasteiger partial charge in [0.05, 0.1) is 0 Å². The normalized spacial score (nSPS) is 12.5. The topological polar surface area (TPSA) is 12.0 Å². The zero-order valence-electron chi connectivity index (χ0n) is 12.1. The number of para-hydroxylation sites is 1. The predicted molar refractivity (Wildman–Crippen MR) is 86.6 cm³/mol. The summed E-state index contributed by atoms with van der Waals surface area (Å²) in [5.41, 5.74) is 1.22. The van der Waals surface area contributed by atoms with E-state index in [1.807, 2.05) is 12.2 Å². The van der Waals surface area contributed by atoms with Gasteiger partial charge in [0.25, 0.3) is 0 Å². The molecule has 0 heterocycles. The average Bonchev–Trinajstić information content (AvgIpc) is 2.44. The molecule has 0 aliphatic rings. The summed E-state index contributed by atoms with van der Waals surface area (Å²) in [4.78, 5) is 0. The molecule has 0 fully saturated rings. The molecule has 1 nitrogen and oxygen atoms in total. The van der Waals surface area contributed by atoms with E-state index in [9.17, 15) is 0 Å². The minimum Gasteiger partial charge on any atom is -0.382 e. The molecule has 0 amide bonds. The zero-order valence-corrected chi connectivity index (χ0v) is 12.1. The van der Waals surface area contributed by atoms with Gasteiger partial charge in [-0.15, -0.1) is 0 Å². The highest BCUT2D eigenvalue weighted by Crippen LogP contribution is 2.15. The highest BCUT2D eigenvalue weighted by Gasteiger charge is 2.06. The van der Waals surface area contributed by atoms with E-state index in [1.54, 1.807) is 0 Å². The lowest BCUT2D eigenvalue weighted by molar-refractivity contribution is 0.574. The number of anilines is 1. The first kappa shape index (κ1) is 15.6. The number of hydrogen-bond acceptors (Lipinski definition) is 1. The van der Waals surface area contributed by atoms with Crippen molar-refractivity contribution in [2.24, 2.45) is 0 Å². The fourth-order valence-corrected chi connectivity index (χ4v) is 2.18. The summed E-state index contributed by atoms with van der Waals surface area (Å²) in [6.45, 7) is 5.98. The highest BCUT2D eigenvalue weighted by molar-refractivity contribution is 5.43. The molecule has 1 N–H and O–H groups in total. The smallest absolute Gasteiger partial charge is 0.0342 e. The highest BCUT2D eigenvalue weighted by atomic mass is 14.9. The van der Waals surface area contributed by atoms with Crippen LogP contribution in [0.15, 0.2) is 55.1 Å². The second kappa shape index (κ2) is 10.4. The van der Waals surface area contributed by atoms with Crippen molar-refractivity contribution < 1.29 is 0 Å². The van der Waals surface area contributed by atoms with E-state index in [-0.39, 0.29) is 0 Å². The molecular formula is C18H27N. The van der Waals surface area contributed by atoms with Gasteiger partial charge in [0, 0.05) is 11.7 Å². The van der Waals surface area contributed by atoms with Gasteiger partial charge in [0.1, 0.15) is 0 Å². The molecule has 0 aliphatic heterocycles. The van der Waals surface area contributed by atoms with Gasteiger partial charge in [0.15, 0.2) is 0 Å². The van der Waals surface area contributed by atoms with Crippen molar-refractivity contribution in [1.82, 2.24) is 0 Å². The van der Waals surface area contributed by atoms with Crippen molar-refractivity contribution in [3.05, 3.63) is 55.1 Å². The van der Waals surface area contributed by atoms with Gasteiger partial charge in [-0.1, -0.05) is 75.6 Å². The minimum absolute atomic E-state index is 0.524. The summed E-state index contributed by atoms with van der Waals surface area (Å²) in [5, 5.41) is 3.63. The lowest BCUT2D eigenvalue weighted by atomic mass is 10.0. The van der Waals surface area contributed by atoms with Crippen LogP contribution in [-0.2, 0) is 0 Å². The van der Waals surface area contributed by atoms with E-state index in [4.69, 9.17) is 0 Å². The number of nitrogens with one attached hydrogen (secondary N) is 1. The molecule has 1 rings (SSSR count). The number of benzene rings is 1. The van der Waals surface area contributed by atoms with Crippen molar-refractivity contribution in [2.45, 2.75) is 51.5 Å². The van der Waals surface area contributed by atoms with Crippen LogP contribution in [0.4, 0.5) is 5.69 Å². The van der Waals surface area contributed by atoms with E-state index >= 15 is 0 Å². The predicted octanol–water partition coefficient (Wildman–Crippen LogP) is 5.57. The monoisotopic (exact) mass is 257 g/mol. The third-order valence-electron chi connectivity index (χ3n) is 3.24. The Balaban J connectivity index is 2.43. The van der Waals surface area contributed by atoms with Crippen molar-refractivity contribution in [2.75, 3.05) is 5.32 Å². The first-order chi connectivity index (χ1) is 9.36. The molecule has 0 aromatic heterocycles. The molecule has 0 bridgehead atoms. The lowest BCUT2D eigenvalue weighted by Crippen LogP contribution is -2.18. The van der Waals surface area contributed by atoms with Crippen LogP contribution in [0.2, 0.25) is 0 Å². The Morgan fingerprint density at radius 3 is 2.63 bits per heavy atom. The molecule has 1 unspecified atom stereocenters. The third-order valence-corrected chi connectivity index (χ3v) is 3.24. The van der Waals surface area contributed by atoms with Gasteiger partial charge in [-0.25, -0.2) is 0 Å². The summed E-state index contributed by atoms with van der Waals surface area (Å²) < 4.78 is 0. The summed E-state index contributed by atoms with van der Waals surface area (Å²) in [5.74, 6) is 0. The Bertz CT molecular complexity index is 353. The molecule has 0 radical (unpaired) electrons. The van der Waals surface area contributed by atoms with Crippen molar-refractivity contribution in [3.8, 4) is 0 Å². The van der Waals surface area contributed by atoms with Gasteiger partial charge < -0.3 is 5.32 Å². The average molecular weight is 257 g/mol. The Morgan fingerprint density at radius 2 is 1.95 bits per heavy atom. The van der Waals surface area contributed by atoms with Gasteiger partial charge in [-0.05, 0) is 25.0 Å². The van der Waals surface area contributed by atoms with E-state index in [0.717, 1.165) is 6.42 Å². The Kier molecular flexibility index (Phi) is 8.54. The van der Waals surface area contributed by atoms with E-state index in [0.29, 0.717) is 6.04 Å². The molecular weight excluding hydrogens is 230 g/mol. The van der Waals surface area contributed by atoms with Gasteiger partial charge in [-0.2, -0.15) is 0 Å². The van der Waals surface area contributed by atoms with Crippen molar-refractivity contribution >= 4 is 5.69 Å². The molecule has 19 heavy (non-hydrogen) atoms. The van der Waals surface area contributed by atoms with Gasteiger partial charge in [0.2, 0.25) is 0 Å². The summed E-state index contributed by atoms with van der Waals surface area (Å²) in [7, 11) is 0. The molecule has 0 spiro atoms. The first-order valence-corrected chi connectivity index (χ1v) is 7.46. The Labute approximate surface area is 118 Å². The van der Waals surface area contributed by atoms with Crippen molar-refractivity contribution in [3.63, 3.8) is 0 Å². The Morgan fingerprint density at radius 1 is 1.16 bits per heavy atom. The molecule has 0 saturated carbocycles. The molecule has 1 atom stereocenters. The van der Waals surface area contributed by atoms with Crippen LogP contribution in [0.1, 0.15) is 45.4 Å². The summed E-state index contributed by atoms with van der Waals surface area (Å²) in [6.07, 6.45) is 13.7. The van der Waals surface area contributed by atoms with Crippen molar-refractivity contribution in [1.29, 1.82) is 0 Å². The van der Waals surface area contributed by atoms with Crippen LogP contribution in [0.3, 0.4) is 0 Å². The van der Waals surface area contributed by atoms with E-state index in [1.165, 1.54) is 37.8 Å². The standard InChI is InChI=1S/C18H27N/c1-3-5-7-10-14-17(13-9-6-4-2)19-18-15-11-8-12-16-18/h4,6,8-9,11-12,15-17,19H,2-3,5,7,10,13-14H2,1H3/b9-6+. The minimum atomic E-state index is 0.524. The molecule has 1 aromatic rings. The maximum Gasteiger partial charge on any atom is 0.0342 e. The maximum absolute atomic E-state index is 3.72. The Hall–Kier alpha value is -1.50. The van der Waals surface area contributed by atoms with E-state index in [2.05, 4.69) is 55.2 Å². The van der Waals surface area contributed by atoms with Gasteiger partial charge >= 0.3 is 0 Å². The number of rotatable bonds is 10. The fourth-order valence-electron chi connectivity index (χ4n) is 2.18. The van der Waals surface area contributed by atoms with Crippen LogP contribution in [0, 0.1) is 0 Å². The molecule has 0 aliphatic carbocycles. The summed E-state index contributed by atoms with van der Waals surface area (Å²) >= 11 is 0. The quantitative estimate of drug-likeness (QED) is 0.427. The molecule has 1 heteroatoms. The second-order valence-corrected chi connectivity index (χ2v) is 4.96. The maximum atomic E-state index is 3.72. The van der Waals surface area contributed by atoms with E-state index < -0.39 is 0 Å². The SMILES string of the molecule is C=C/C=C/CC(CCCCCC)Nc1ccccc1. The molecule has 1 aromatic carbocycles. The summed E-state index contributed by atoms with van der Waals surface area (Å²) in [6, 6.07) is 11.0. The molecule has 0 saturated heterocycles. The fraction of sp³-hybridized carbons (Fsp3) is 0.444. The number of unbranched alkanes of at least 4 members (excludes halogenated alkanes) is 3. The van der Waals surface area contributed by atoms with Crippen LogP contribution in [0.25, 0.3) is 0 Å². The number of hydrogen-bond donors (Lipinski definition) is 1. The largest absolute Gasteiger partial charge is 0.382 e. The zero-order chi connectivity index (χ0) is 13.8. The van der Waals surface area contributed by atoms with Crippen LogP contribution >= 0.6 is 0 Å². The van der Waals surface area contributed by atoms with Crippen LogP contribution in [0.5, 0.6) is 0 Å². The number of allylic oxidation sites excluding steroid dienone is 2.